The standard InChI is InChI=1S/C20H20FNO3/c1-3-25-20(23)18-9-5-8-17(22-18)15-7-4-6-14(15)16-12-13(21)10-11-19(16)24-2/h5,8-12H,3-4,6-7H2,1-2H3. The zero-order valence-corrected chi connectivity index (χ0v) is 14.3. The molecule has 0 aliphatic heterocycles. The van der Waals surface area contributed by atoms with Crippen LogP contribution in [-0.4, -0.2) is 24.7 Å². The number of nitrogens with zero attached hydrogens (tertiary/aromatic N) is 1. The molecule has 3 rings (SSSR count). The van der Waals surface area contributed by atoms with Gasteiger partial charge in [0.15, 0.2) is 0 Å². The van der Waals surface area contributed by atoms with E-state index in [1.54, 1.807) is 32.2 Å². The number of ether oxygens (including phenoxy) is 2. The summed E-state index contributed by atoms with van der Waals surface area (Å²) in [6.07, 6.45) is 2.60. The average Bonchev–Trinajstić information content (AvgIpc) is 3.11. The number of hydrogen-bond donors (Lipinski definition) is 0. The second-order valence-corrected chi connectivity index (χ2v) is 5.78. The Labute approximate surface area is 146 Å². The monoisotopic (exact) mass is 341 g/mol. The van der Waals surface area contributed by atoms with Crippen molar-refractivity contribution in [3.63, 3.8) is 0 Å². The summed E-state index contributed by atoms with van der Waals surface area (Å²) in [6, 6.07) is 9.82. The molecule has 0 N–H and O–H groups in total. The lowest BCUT2D eigenvalue weighted by Crippen LogP contribution is -2.08. The Morgan fingerprint density at radius 2 is 2.00 bits per heavy atom. The number of carbonyl (C=O) groups is 1. The van der Waals surface area contributed by atoms with Gasteiger partial charge in [-0.1, -0.05) is 6.07 Å². The van der Waals surface area contributed by atoms with Gasteiger partial charge >= 0.3 is 5.97 Å². The van der Waals surface area contributed by atoms with Crippen LogP contribution in [0, 0.1) is 5.82 Å². The number of allylic oxidation sites excluding steroid dienone is 2. The number of rotatable bonds is 5. The highest BCUT2D eigenvalue weighted by Crippen LogP contribution is 2.42. The summed E-state index contributed by atoms with van der Waals surface area (Å²) < 4.78 is 24.2. The molecule has 0 saturated heterocycles. The summed E-state index contributed by atoms with van der Waals surface area (Å²) in [5, 5.41) is 0. The molecule has 0 spiro atoms. The fraction of sp³-hybridized carbons (Fsp3) is 0.300. The molecule has 0 radical (unpaired) electrons. The van der Waals surface area contributed by atoms with E-state index in [0.29, 0.717) is 12.4 Å². The van der Waals surface area contributed by atoms with Gasteiger partial charge in [0.25, 0.3) is 0 Å². The van der Waals surface area contributed by atoms with Gasteiger partial charge in [0.1, 0.15) is 17.3 Å². The predicted molar refractivity (Wildman–Crippen MR) is 93.8 cm³/mol. The number of methoxy groups -OCH3 is 1. The highest BCUT2D eigenvalue weighted by molar-refractivity contribution is 5.94. The van der Waals surface area contributed by atoms with E-state index in [-0.39, 0.29) is 11.5 Å². The van der Waals surface area contributed by atoms with Gasteiger partial charge < -0.3 is 9.47 Å². The molecular weight excluding hydrogens is 321 g/mol. The Kier molecular flexibility index (Phi) is 5.12. The second kappa shape index (κ2) is 7.47. The minimum Gasteiger partial charge on any atom is -0.496 e. The van der Waals surface area contributed by atoms with E-state index >= 15 is 0 Å². The van der Waals surface area contributed by atoms with Gasteiger partial charge in [0, 0.05) is 5.56 Å². The Morgan fingerprint density at radius 3 is 2.76 bits per heavy atom. The number of carbonyl (C=O) groups excluding carboxylic acids is 1. The molecule has 0 unspecified atom stereocenters. The van der Waals surface area contributed by atoms with E-state index in [0.717, 1.165) is 41.7 Å². The van der Waals surface area contributed by atoms with Crippen LogP contribution in [0.15, 0.2) is 36.4 Å². The van der Waals surface area contributed by atoms with Crippen molar-refractivity contribution in [2.45, 2.75) is 26.2 Å². The smallest absolute Gasteiger partial charge is 0.356 e. The Hall–Kier alpha value is -2.69. The number of esters is 1. The molecule has 1 aliphatic carbocycles. The molecule has 1 aromatic carbocycles. The van der Waals surface area contributed by atoms with Gasteiger partial charge in [0.05, 0.1) is 19.4 Å². The highest BCUT2D eigenvalue weighted by Gasteiger charge is 2.22. The summed E-state index contributed by atoms with van der Waals surface area (Å²) in [5.41, 5.74) is 3.80. The van der Waals surface area contributed by atoms with E-state index < -0.39 is 5.97 Å². The van der Waals surface area contributed by atoms with Crippen molar-refractivity contribution in [3.8, 4) is 5.75 Å². The number of hydrogen-bond acceptors (Lipinski definition) is 4. The lowest BCUT2D eigenvalue weighted by molar-refractivity contribution is 0.0519. The van der Waals surface area contributed by atoms with Gasteiger partial charge in [-0.2, -0.15) is 0 Å². The van der Waals surface area contributed by atoms with Gasteiger partial charge in [-0.05, 0) is 67.7 Å². The van der Waals surface area contributed by atoms with Gasteiger partial charge in [-0.25, -0.2) is 14.2 Å². The summed E-state index contributed by atoms with van der Waals surface area (Å²) >= 11 is 0. The fourth-order valence-corrected chi connectivity index (χ4v) is 3.16. The third kappa shape index (κ3) is 3.55. The maximum atomic E-state index is 13.8. The fourth-order valence-electron chi connectivity index (χ4n) is 3.16. The summed E-state index contributed by atoms with van der Waals surface area (Å²) in [6.45, 7) is 2.06. The molecule has 0 amide bonds. The highest BCUT2D eigenvalue weighted by atomic mass is 19.1. The largest absolute Gasteiger partial charge is 0.496 e. The molecule has 1 aromatic heterocycles. The molecule has 5 heteroatoms. The number of pyridine rings is 1. The Balaban J connectivity index is 2.07. The number of halogens is 1. The van der Waals surface area contributed by atoms with Crippen LogP contribution in [0.4, 0.5) is 4.39 Å². The molecule has 0 atom stereocenters. The minimum atomic E-state index is -0.437. The molecule has 0 saturated carbocycles. The van der Waals surface area contributed by atoms with E-state index in [1.165, 1.54) is 12.1 Å². The third-order valence-electron chi connectivity index (χ3n) is 4.25. The molecule has 1 heterocycles. The number of aromatic nitrogens is 1. The zero-order valence-electron chi connectivity index (χ0n) is 14.3. The third-order valence-corrected chi connectivity index (χ3v) is 4.25. The van der Waals surface area contributed by atoms with Crippen LogP contribution in [0.3, 0.4) is 0 Å². The van der Waals surface area contributed by atoms with Crippen molar-refractivity contribution in [3.05, 3.63) is 59.2 Å². The Bertz CT molecular complexity index is 829. The van der Waals surface area contributed by atoms with Crippen LogP contribution in [0.25, 0.3) is 11.1 Å². The number of benzene rings is 1. The molecule has 130 valence electrons. The topological polar surface area (TPSA) is 48.4 Å². The van der Waals surface area contributed by atoms with Crippen molar-refractivity contribution < 1.29 is 18.7 Å². The summed E-state index contributed by atoms with van der Waals surface area (Å²) in [5.74, 6) is -0.104. The van der Waals surface area contributed by atoms with Crippen molar-refractivity contribution >= 4 is 17.1 Å². The van der Waals surface area contributed by atoms with E-state index in [1.807, 2.05) is 6.07 Å². The molecular formula is C20H20FNO3. The molecule has 0 bridgehead atoms. The zero-order chi connectivity index (χ0) is 17.8. The average molecular weight is 341 g/mol. The van der Waals surface area contributed by atoms with Gasteiger partial charge in [-0.15, -0.1) is 0 Å². The van der Waals surface area contributed by atoms with Crippen LogP contribution < -0.4 is 4.74 Å². The molecule has 4 nitrogen and oxygen atoms in total. The molecule has 1 aliphatic rings. The van der Waals surface area contributed by atoms with E-state index in [9.17, 15) is 9.18 Å². The predicted octanol–water partition coefficient (Wildman–Crippen LogP) is 4.50. The first-order valence-corrected chi connectivity index (χ1v) is 8.34. The van der Waals surface area contributed by atoms with Crippen LogP contribution in [0.5, 0.6) is 5.75 Å². The molecule has 2 aromatic rings. The lowest BCUT2D eigenvalue weighted by Gasteiger charge is -2.12. The lowest BCUT2D eigenvalue weighted by atomic mass is 9.98. The summed E-state index contributed by atoms with van der Waals surface area (Å²) in [4.78, 5) is 16.4. The van der Waals surface area contributed by atoms with Crippen LogP contribution in [0.1, 0.15) is 47.9 Å². The van der Waals surface area contributed by atoms with Crippen LogP contribution in [0.2, 0.25) is 0 Å². The van der Waals surface area contributed by atoms with Crippen molar-refractivity contribution in [1.82, 2.24) is 4.98 Å². The van der Waals surface area contributed by atoms with Gasteiger partial charge in [-0.3, -0.25) is 0 Å². The normalized spacial score (nSPS) is 13.9. The SMILES string of the molecule is CCOC(=O)c1cccc(C2=C(c3cc(F)ccc3OC)CCC2)n1. The molecule has 0 fully saturated rings. The van der Waals surface area contributed by atoms with Crippen molar-refractivity contribution in [1.29, 1.82) is 0 Å². The van der Waals surface area contributed by atoms with Crippen molar-refractivity contribution in [2.24, 2.45) is 0 Å². The van der Waals surface area contributed by atoms with Crippen molar-refractivity contribution in [2.75, 3.05) is 13.7 Å². The molecule has 25 heavy (non-hydrogen) atoms. The second-order valence-electron chi connectivity index (χ2n) is 5.78. The van der Waals surface area contributed by atoms with Gasteiger partial charge in [0.2, 0.25) is 0 Å². The van der Waals surface area contributed by atoms with E-state index in [2.05, 4.69) is 4.98 Å². The minimum absolute atomic E-state index is 0.282. The first kappa shape index (κ1) is 17.1. The first-order chi connectivity index (χ1) is 12.1. The maximum absolute atomic E-state index is 13.8. The van der Waals surface area contributed by atoms with Crippen LogP contribution in [-0.2, 0) is 4.74 Å². The quantitative estimate of drug-likeness (QED) is 0.751. The summed E-state index contributed by atoms with van der Waals surface area (Å²) in [7, 11) is 1.57. The Morgan fingerprint density at radius 1 is 1.20 bits per heavy atom. The first-order valence-electron chi connectivity index (χ1n) is 8.34. The van der Waals surface area contributed by atoms with E-state index in [4.69, 9.17) is 9.47 Å². The maximum Gasteiger partial charge on any atom is 0.356 e. The van der Waals surface area contributed by atoms with Crippen LogP contribution >= 0.6 is 0 Å².